The van der Waals surface area contributed by atoms with Crippen molar-refractivity contribution in [3.05, 3.63) is 82.0 Å². The highest BCUT2D eigenvalue weighted by atomic mass is 32.1. The Kier molecular flexibility index (Phi) is 5.91. The summed E-state index contributed by atoms with van der Waals surface area (Å²) in [7, 11) is 3.93. The van der Waals surface area contributed by atoms with E-state index >= 15 is 0 Å². The van der Waals surface area contributed by atoms with E-state index in [0.717, 1.165) is 48.0 Å². The molecule has 1 fully saturated rings. The average Bonchev–Trinajstić information content (AvgIpc) is 3.36. The third-order valence-electron chi connectivity index (χ3n) is 6.70. The standard InChI is InChI=1S/C26H28N4O2S/c1-28-13-15-30(16-14-28)21-11-6-5-10-20(21)27-25(31)23-18-8-3-4-9-19(18)26(32)29(2)24(23)22-12-7-17-33-22/h3-12,17,23-24H,13-16H2,1-2H3,(H,27,31). The summed E-state index contributed by atoms with van der Waals surface area (Å²) < 4.78 is 0. The lowest BCUT2D eigenvalue weighted by molar-refractivity contribution is -0.119. The van der Waals surface area contributed by atoms with Crippen LogP contribution in [-0.2, 0) is 4.79 Å². The maximum absolute atomic E-state index is 13.9. The summed E-state index contributed by atoms with van der Waals surface area (Å²) in [6.07, 6.45) is 0. The first kappa shape index (κ1) is 21.7. The van der Waals surface area contributed by atoms with Crippen LogP contribution in [-0.4, -0.2) is 61.9 Å². The van der Waals surface area contributed by atoms with Gasteiger partial charge in [0, 0.05) is 43.7 Å². The van der Waals surface area contributed by atoms with E-state index in [2.05, 4.69) is 28.2 Å². The lowest BCUT2D eigenvalue weighted by Gasteiger charge is -2.39. The van der Waals surface area contributed by atoms with Crippen LogP contribution in [0.2, 0.25) is 0 Å². The zero-order valence-corrected chi connectivity index (χ0v) is 19.7. The number of thiophene rings is 1. The molecule has 170 valence electrons. The summed E-state index contributed by atoms with van der Waals surface area (Å²) in [6, 6.07) is 19.1. The third-order valence-corrected chi connectivity index (χ3v) is 7.65. The molecule has 2 atom stereocenters. The fourth-order valence-corrected chi connectivity index (χ4v) is 5.79. The summed E-state index contributed by atoms with van der Waals surface area (Å²) in [4.78, 5) is 34.4. The van der Waals surface area contributed by atoms with E-state index in [1.165, 1.54) is 0 Å². The minimum Gasteiger partial charge on any atom is -0.367 e. The Hall–Kier alpha value is -3.16. The van der Waals surface area contributed by atoms with Crippen LogP contribution in [0.15, 0.2) is 66.0 Å². The summed E-state index contributed by atoms with van der Waals surface area (Å²) >= 11 is 1.58. The first-order valence-corrected chi connectivity index (χ1v) is 12.2. The number of benzene rings is 2. The van der Waals surface area contributed by atoms with E-state index in [1.54, 1.807) is 23.3 Å². The van der Waals surface area contributed by atoms with Crippen LogP contribution in [0.1, 0.15) is 32.8 Å². The van der Waals surface area contributed by atoms with Crippen molar-refractivity contribution >= 4 is 34.5 Å². The van der Waals surface area contributed by atoms with Gasteiger partial charge in [0.2, 0.25) is 5.91 Å². The quantitative estimate of drug-likeness (QED) is 0.638. The van der Waals surface area contributed by atoms with Gasteiger partial charge in [-0.15, -0.1) is 11.3 Å². The number of nitrogens with one attached hydrogen (secondary N) is 1. The van der Waals surface area contributed by atoms with Crippen LogP contribution < -0.4 is 10.2 Å². The van der Waals surface area contributed by atoms with Gasteiger partial charge >= 0.3 is 0 Å². The minimum absolute atomic E-state index is 0.0501. The van der Waals surface area contributed by atoms with Gasteiger partial charge in [-0.05, 0) is 42.3 Å². The third kappa shape index (κ3) is 4.03. The molecule has 2 amide bonds. The lowest BCUT2D eigenvalue weighted by atomic mass is 9.81. The number of anilines is 2. The number of amides is 2. The molecule has 0 aliphatic carbocycles. The molecule has 5 rings (SSSR count). The van der Waals surface area contributed by atoms with Gasteiger partial charge in [0.1, 0.15) is 0 Å². The van der Waals surface area contributed by atoms with Gasteiger partial charge in [0.05, 0.1) is 23.3 Å². The molecule has 0 spiro atoms. The number of carbonyl (C=O) groups is 2. The number of nitrogens with zero attached hydrogens (tertiary/aromatic N) is 3. The molecule has 0 saturated carbocycles. The maximum Gasteiger partial charge on any atom is 0.254 e. The number of rotatable bonds is 4. The van der Waals surface area contributed by atoms with E-state index in [0.29, 0.717) is 5.56 Å². The normalized spacial score (nSPS) is 21.1. The Labute approximate surface area is 198 Å². The van der Waals surface area contributed by atoms with Crippen LogP contribution in [0.5, 0.6) is 0 Å². The minimum atomic E-state index is -0.497. The Morgan fingerprint density at radius 2 is 1.67 bits per heavy atom. The molecule has 1 saturated heterocycles. The molecule has 0 bridgehead atoms. The predicted octanol–water partition coefficient (Wildman–Crippen LogP) is 4.05. The fourth-order valence-electron chi connectivity index (χ4n) is 4.89. The zero-order chi connectivity index (χ0) is 22.9. The summed E-state index contributed by atoms with van der Waals surface area (Å²) in [5, 5.41) is 5.22. The number of hydrogen-bond acceptors (Lipinski definition) is 5. The van der Waals surface area contributed by atoms with Gasteiger partial charge in [-0.2, -0.15) is 0 Å². The van der Waals surface area contributed by atoms with Crippen LogP contribution in [0.4, 0.5) is 11.4 Å². The second kappa shape index (κ2) is 9.00. The molecule has 2 aromatic carbocycles. The monoisotopic (exact) mass is 460 g/mol. The van der Waals surface area contributed by atoms with Gasteiger partial charge in [-0.1, -0.05) is 36.4 Å². The van der Waals surface area contributed by atoms with E-state index < -0.39 is 5.92 Å². The van der Waals surface area contributed by atoms with Crippen molar-refractivity contribution in [2.75, 3.05) is 50.5 Å². The van der Waals surface area contributed by atoms with Gasteiger partial charge in [0.25, 0.3) is 5.91 Å². The van der Waals surface area contributed by atoms with Crippen molar-refractivity contribution in [1.29, 1.82) is 0 Å². The molecule has 3 aromatic rings. The fraction of sp³-hybridized carbons (Fsp3) is 0.308. The summed E-state index contributed by atoms with van der Waals surface area (Å²) in [5.41, 5.74) is 3.24. The topological polar surface area (TPSA) is 55.9 Å². The Bertz CT molecular complexity index is 1150. The molecular formula is C26H28N4O2S. The molecule has 7 heteroatoms. The van der Waals surface area contributed by atoms with Gasteiger partial charge in [-0.25, -0.2) is 0 Å². The van der Waals surface area contributed by atoms with Gasteiger partial charge in [-0.3, -0.25) is 9.59 Å². The van der Waals surface area contributed by atoms with Crippen molar-refractivity contribution in [3.8, 4) is 0 Å². The molecular weight excluding hydrogens is 432 g/mol. The molecule has 33 heavy (non-hydrogen) atoms. The van der Waals surface area contributed by atoms with Crippen molar-refractivity contribution in [2.24, 2.45) is 0 Å². The summed E-state index contributed by atoms with van der Waals surface area (Å²) in [6.45, 7) is 3.83. The predicted molar refractivity (Wildman–Crippen MR) is 133 cm³/mol. The molecule has 0 radical (unpaired) electrons. The molecule has 1 aromatic heterocycles. The number of piperazine rings is 1. The molecule has 2 unspecified atom stereocenters. The largest absolute Gasteiger partial charge is 0.367 e. The van der Waals surface area contributed by atoms with Crippen LogP contribution in [0, 0.1) is 0 Å². The molecule has 1 N–H and O–H groups in total. The Balaban J connectivity index is 1.51. The Morgan fingerprint density at radius 3 is 2.42 bits per heavy atom. The SMILES string of the molecule is CN1CCN(c2ccccc2NC(=O)C2c3ccccc3C(=O)N(C)C2c2cccs2)CC1. The lowest BCUT2D eigenvalue weighted by Crippen LogP contribution is -2.45. The van der Waals surface area contributed by atoms with Crippen molar-refractivity contribution in [1.82, 2.24) is 9.80 Å². The highest BCUT2D eigenvalue weighted by molar-refractivity contribution is 7.10. The molecule has 3 heterocycles. The van der Waals surface area contributed by atoms with E-state index in [4.69, 9.17) is 0 Å². The van der Waals surface area contributed by atoms with E-state index in [9.17, 15) is 9.59 Å². The number of carbonyl (C=O) groups excluding carboxylic acids is 2. The smallest absolute Gasteiger partial charge is 0.254 e. The van der Waals surface area contributed by atoms with Crippen molar-refractivity contribution in [2.45, 2.75) is 12.0 Å². The average molecular weight is 461 g/mol. The maximum atomic E-state index is 13.9. The Morgan fingerprint density at radius 1 is 0.939 bits per heavy atom. The van der Waals surface area contributed by atoms with Gasteiger partial charge in [0.15, 0.2) is 0 Å². The molecule has 6 nitrogen and oxygen atoms in total. The highest BCUT2D eigenvalue weighted by Crippen LogP contribution is 2.44. The number of para-hydroxylation sites is 2. The highest BCUT2D eigenvalue weighted by Gasteiger charge is 2.43. The molecule has 2 aliphatic heterocycles. The van der Waals surface area contributed by atoms with Crippen LogP contribution in [0.25, 0.3) is 0 Å². The van der Waals surface area contributed by atoms with Crippen molar-refractivity contribution in [3.63, 3.8) is 0 Å². The second-order valence-electron chi connectivity index (χ2n) is 8.74. The number of likely N-dealkylation sites (N-methyl/N-ethyl adjacent to an activating group) is 2. The second-order valence-corrected chi connectivity index (χ2v) is 9.72. The van der Waals surface area contributed by atoms with Gasteiger partial charge < -0.3 is 20.0 Å². The van der Waals surface area contributed by atoms with Crippen molar-refractivity contribution < 1.29 is 9.59 Å². The summed E-state index contributed by atoms with van der Waals surface area (Å²) in [5.74, 6) is -0.643. The van der Waals surface area contributed by atoms with E-state index in [1.807, 2.05) is 60.0 Å². The van der Waals surface area contributed by atoms with Crippen LogP contribution >= 0.6 is 11.3 Å². The first-order valence-electron chi connectivity index (χ1n) is 11.3. The number of fused-ring (bicyclic) bond motifs is 1. The first-order chi connectivity index (χ1) is 16.0. The molecule has 2 aliphatic rings. The number of hydrogen-bond donors (Lipinski definition) is 1. The van der Waals surface area contributed by atoms with Crippen LogP contribution in [0.3, 0.4) is 0 Å². The van der Waals surface area contributed by atoms with E-state index in [-0.39, 0.29) is 17.9 Å². The zero-order valence-electron chi connectivity index (χ0n) is 18.9.